The molecule has 1 N–H and O–H groups in total. The maximum Gasteiger partial charge on any atom is 0.147 e. The Kier molecular flexibility index (Phi) is 4.53. The lowest BCUT2D eigenvalue weighted by atomic mass is 10.0. The van der Waals surface area contributed by atoms with Gasteiger partial charge in [-0.2, -0.15) is 5.26 Å². The molecule has 0 amide bonds. The lowest BCUT2D eigenvalue weighted by Crippen LogP contribution is -2.11. The van der Waals surface area contributed by atoms with Crippen LogP contribution in [0.15, 0.2) is 53.0 Å². The normalized spacial score (nSPS) is 11.6. The minimum Gasteiger partial charge on any atom is -0.375 e. The highest BCUT2D eigenvalue weighted by molar-refractivity contribution is 9.10. The van der Waals surface area contributed by atoms with Crippen molar-refractivity contribution in [1.29, 1.82) is 5.26 Å². The molecule has 0 aromatic heterocycles. The molecule has 2 rings (SSSR count). The Balaban J connectivity index is 2.24. The number of nitriles is 1. The molecule has 0 spiro atoms. The van der Waals surface area contributed by atoms with Crippen LogP contribution in [0.25, 0.3) is 0 Å². The molecule has 2 aromatic rings. The van der Waals surface area contributed by atoms with Crippen LogP contribution >= 0.6 is 15.9 Å². The van der Waals surface area contributed by atoms with Crippen molar-refractivity contribution < 1.29 is 4.39 Å². The molecule has 1 unspecified atom stereocenters. The number of benzene rings is 2. The van der Waals surface area contributed by atoms with Crippen LogP contribution in [0.1, 0.15) is 18.0 Å². The third-order valence-electron chi connectivity index (χ3n) is 2.76. The number of anilines is 1. The van der Waals surface area contributed by atoms with E-state index in [1.165, 1.54) is 6.07 Å². The summed E-state index contributed by atoms with van der Waals surface area (Å²) < 4.78 is 14.5. The Morgan fingerprint density at radius 1 is 1.21 bits per heavy atom. The average molecular weight is 319 g/mol. The molecule has 0 aliphatic heterocycles. The zero-order valence-corrected chi connectivity index (χ0v) is 11.7. The van der Waals surface area contributed by atoms with Gasteiger partial charge in [0.25, 0.3) is 0 Å². The standard InChI is InChI=1S/C15H12BrFN2/c16-12-6-7-15(13(17)10-12)19-14(8-9-18)11-4-2-1-3-5-11/h1-7,10,14,19H,8H2. The molecular weight excluding hydrogens is 307 g/mol. The van der Waals surface area contributed by atoms with Gasteiger partial charge in [0.2, 0.25) is 0 Å². The predicted octanol–water partition coefficient (Wildman–Crippen LogP) is 4.66. The smallest absolute Gasteiger partial charge is 0.147 e. The van der Waals surface area contributed by atoms with E-state index in [1.54, 1.807) is 12.1 Å². The Labute approximate surface area is 120 Å². The summed E-state index contributed by atoms with van der Waals surface area (Å²) in [7, 11) is 0. The molecule has 2 aromatic carbocycles. The first-order chi connectivity index (χ1) is 9.20. The molecule has 0 aliphatic rings. The van der Waals surface area contributed by atoms with Gasteiger partial charge in [0, 0.05) is 4.47 Å². The molecular formula is C15H12BrFN2. The van der Waals surface area contributed by atoms with E-state index < -0.39 is 0 Å². The van der Waals surface area contributed by atoms with Crippen molar-refractivity contribution in [2.24, 2.45) is 0 Å². The number of nitrogens with one attached hydrogen (secondary N) is 1. The first-order valence-corrected chi connectivity index (χ1v) is 6.63. The number of nitrogens with zero attached hydrogens (tertiary/aromatic N) is 1. The molecule has 0 heterocycles. The summed E-state index contributed by atoms with van der Waals surface area (Å²) in [6, 6.07) is 16.3. The lowest BCUT2D eigenvalue weighted by Gasteiger charge is -2.18. The summed E-state index contributed by atoms with van der Waals surface area (Å²) in [5.74, 6) is -0.340. The van der Waals surface area contributed by atoms with Gasteiger partial charge in [-0.15, -0.1) is 0 Å². The van der Waals surface area contributed by atoms with Crippen LogP contribution in [0.3, 0.4) is 0 Å². The molecule has 96 valence electrons. The third-order valence-corrected chi connectivity index (χ3v) is 3.25. The quantitative estimate of drug-likeness (QED) is 0.890. The molecule has 4 heteroatoms. The zero-order valence-electron chi connectivity index (χ0n) is 10.1. The maximum atomic E-state index is 13.8. The zero-order chi connectivity index (χ0) is 13.7. The largest absolute Gasteiger partial charge is 0.375 e. The van der Waals surface area contributed by atoms with Gasteiger partial charge in [0.05, 0.1) is 24.2 Å². The Morgan fingerprint density at radius 2 is 1.95 bits per heavy atom. The second kappa shape index (κ2) is 6.35. The van der Waals surface area contributed by atoms with E-state index in [-0.39, 0.29) is 18.3 Å². The van der Waals surface area contributed by atoms with Gasteiger partial charge < -0.3 is 5.32 Å². The number of hydrogen-bond donors (Lipinski definition) is 1. The van der Waals surface area contributed by atoms with E-state index in [9.17, 15) is 4.39 Å². The van der Waals surface area contributed by atoms with E-state index in [4.69, 9.17) is 5.26 Å². The fraction of sp³-hybridized carbons (Fsp3) is 0.133. The summed E-state index contributed by atoms with van der Waals surface area (Å²) in [5.41, 5.74) is 1.36. The van der Waals surface area contributed by atoms with Gasteiger partial charge >= 0.3 is 0 Å². The van der Waals surface area contributed by atoms with E-state index in [0.717, 1.165) is 5.56 Å². The highest BCUT2D eigenvalue weighted by atomic mass is 79.9. The Morgan fingerprint density at radius 3 is 2.58 bits per heavy atom. The second-order valence-corrected chi connectivity index (χ2v) is 5.01. The highest BCUT2D eigenvalue weighted by Gasteiger charge is 2.13. The molecule has 0 radical (unpaired) electrons. The van der Waals surface area contributed by atoms with Gasteiger partial charge in [0.1, 0.15) is 5.82 Å². The molecule has 1 atom stereocenters. The van der Waals surface area contributed by atoms with Crippen LogP contribution < -0.4 is 5.32 Å². The summed E-state index contributed by atoms with van der Waals surface area (Å²) in [5, 5.41) is 12.0. The fourth-order valence-electron chi connectivity index (χ4n) is 1.82. The number of rotatable bonds is 4. The van der Waals surface area contributed by atoms with E-state index in [0.29, 0.717) is 10.2 Å². The fourth-order valence-corrected chi connectivity index (χ4v) is 2.16. The van der Waals surface area contributed by atoms with E-state index in [1.807, 2.05) is 30.3 Å². The van der Waals surface area contributed by atoms with Crippen LogP contribution in [0.4, 0.5) is 10.1 Å². The summed E-state index contributed by atoms with van der Waals surface area (Å²) in [6.45, 7) is 0. The molecule has 0 saturated heterocycles. The van der Waals surface area contributed by atoms with Crippen LogP contribution in [-0.4, -0.2) is 0 Å². The van der Waals surface area contributed by atoms with Crippen LogP contribution in [-0.2, 0) is 0 Å². The van der Waals surface area contributed by atoms with Crippen molar-refractivity contribution >= 4 is 21.6 Å². The topological polar surface area (TPSA) is 35.8 Å². The van der Waals surface area contributed by atoms with Crippen molar-refractivity contribution in [2.45, 2.75) is 12.5 Å². The molecule has 19 heavy (non-hydrogen) atoms. The molecule has 0 fully saturated rings. The Bertz CT molecular complexity index is 593. The summed E-state index contributed by atoms with van der Waals surface area (Å²) >= 11 is 3.22. The number of halogens is 2. The van der Waals surface area contributed by atoms with Gasteiger partial charge in [-0.1, -0.05) is 46.3 Å². The van der Waals surface area contributed by atoms with Gasteiger partial charge in [-0.3, -0.25) is 0 Å². The minimum atomic E-state index is -0.340. The van der Waals surface area contributed by atoms with Gasteiger partial charge in [-0.25, -0.2) is 4.39 Å². The van der Waals surface area contributed by atoms with Gasteiger partial charge in [-0.05, 0) is 23.8 Å². The van der Waals surface area contributed by atoms with E-state index >= 15 is 0 Å². The monoisotopic (exact) mass is 318 g/mol. The molecule has 0 saturated carbocycles. The van der Waals surface area contributed by atoms with Crippen molar-refractivity contribution in [2.75, 3.05) is 5.32 Å². The lowest BCUT2D eigenvalue weighted by molar-refractivity contribution is 0.625. The SMILES string of the molecule is N#CCC(Nc1ccc(Br)cc1F)c1ccccc1. The van der Waals surface area contributed by atoms with Gasteiger partial charge in [0.15, 0.2) is 0 Å². The van der Waals surface area contributed by atoms with Crippen LogP contribution in [0.2, 0.25) is 0 Å². The van der Waals surface area contributed by atoms with Crippen molar-refractivity contribution in [3.8, 4) is 6.07 Å². The predicted molar refractivity (Wildman–Crippen MR) is 77.1 cm³/mol. The van der Waals surface area contributed by atoms with Crippen LogP contribution in [0, 0.1) is 17.1 Å². The third kappa shape index (κ3) is 3.55. The van der Waals surface area contributed by atoms with Crippen molar-refractivity contribution in [1.82, 2.24) is 0 Å². The first-order valence-electron chi connectivity index (χ1n) is 5.84. The first kappa shape index (κ1) is 13.6. The average Bonchev–Trinajstić information content (AvgIpc) is 2.42. The summed E-state index contributed by atoms with van der Waals surface area (Å²) in [6.07, 6.45) is 0.277. The molecule has 0 bridgehead atoms. The maximum absolute atomic E-state index is 13.8. The van der Waals surface area contributed by atoms with Crippen LogP contribution in [0.5, 0.6) is 0 Å². The number of hydrogen-bond acceptors (Lipinski definition) is 2. The van der Waals surface area contributed by atoms with Crippen molar-refractivity contribution in [3.05, 3.63) is 64.4 Å². The summed E-state index contributed by atoms with van der Waals surface area (Å²) in [4.78, 5) is 0. The minimum absolute atomic E-state index is 0.220. The molecule has 0 aliphatic carbocycles. The van der Waals surface area contributed by atoms with Crippen molar-refractivity contribution in [3.63, 3.8) is 0 Å². The highest BCUT2D eigenvalue weighted by Crippen LogP contribution is 2.26. The Hall–Kier alpha value is -1.86. The second-order valence-electron chi connectivity index (χ2n) is 4.09. The molecule has 2 nitrogen and oxygen atoms in total. The van der Waals surface area contributed by atoms with E-state index in [2.05, 4.69) is 27.3 Å².